The van der Waals surface area contributed by atoms with Crippen molar-refractivity contribution in [2.75, 3.05) is 6.54 Å². The average Bonchev–Trinajstić information content (AvgIpc) is 3.13. The number of hydrogen-bond acceptors (Lipinski definition) is 3. The molecule has 1 fully saturated rings. The van der Waals surface area contributed by atoms with Crippen LogP contribution in [-0.2, 0) is 11.2 Å². The molecule has 0 aromatic carbocycles. The van der Waals surface area contributed by atoms with E-state index in [1.54, 1.807) is 6.20 Å². The summed E-state index contributed by atoms with van der Waals surface area (Å²) < 4.78 is 12.3. The lowest BCUT2D eigenvalue weighted by atomic mass is 10.2. The number of aromatic nitrogens is 2. The van der Waals surface area contributed by atoms with Crippen LogP contribution < -0.4 is 5.32 Å². The Labute approximate surface area is 104 Å². The van der Waals surface area contributed by atoms with E-state index in [9.17, 15) is 9.18 Å². The highest BCUT2D eigenvalue weighted by atomic mass is 35.5. The summed E-state index contributed by atoms with van der Waals surface area (Å²) in [5.41, 5.74) is -0.934. The highest BCUT2D eigenvalue weighted by Crippen LogP contribution is 2.38. The van der Waals surface area contributed by atoms with Gasteiger partial charge in [-0.05, 0) is 18.9 Å². The molecule has 0 bridgehead atoms. The molecule has 1 unspecified atom stereocenters. The summed E-state index contributed by atoms with van der Waals surface area (Å²) in [5, 5.41) is 2.37. The summed E-state index contributed by atoms with van der Waals surface area (Å²) in [6.07, 6.45) is 4.57. The minimum atomic E-state index is -1.99. The van der Waals surface area contributed by atoms with Gasteiger partial charge in [0, 0.05) is 30.8 Å². The Hall–Kier alpha value is -1.23. The number of carbonyl (C=O) groups excluding carboxylic acids is 1. The van der Waals surface area contributed by atoms with Gasteiger partial charge in [-0.25, -0.2) is 14.4 Å². The summed E-state index contributed by atoms with van der Waals surface area (Å²) in [6.45, 7) is 0.292. The molecule has 1 atom stereocenters. The van der Waals surface area contributed by atoms with Crippen LogP contribution in [0.15, 0.2) is 12.3 Å². The normalized spacial score (nSPS) is 16.6. The van der Waals surface area contributed by atoms with Crippen LogP contribution in [0, 0.1) is 0 Å². The van der Waals surface area contributed by atoms with Gasteiger partial charge < -0.3 is 5.32 Å². The lowest BCUT2D eigenvalue weighted by Gasteiger charge is -2.05. The molecular formula is C11H13ClFN3O. The highest BCUT2D eigenvalue weighted by Gasteiger charge is 2.25. The van der Waals surface area contributed by atoms with Crippen molar-refractivity contribution in [3.8, 4) is 0 Å². The first-order chi connectivity index (χ1) is 8.16. The van der Waals surface area contributed by atoms with Crippen LogP contribution >= 0.6 is 11.6 Å². The zero-order chi connectivity index (χ0) is 12.3. The molecule has 6 heteroatoms. The molecule has 0 spiro atoms. The average molecular weight is 258 g/mol. The smallest absolute Gasteiger partial charge is 0.270 e. The van der Waals surface area contributed by atoms with Crippen LogP contribution in [0.5, 0.6) is 0 Å². The molecule has 1 aliphatic carbocycles. The van der Waals surface area contributed by atoms with Crippen molar-refractivity contribution in [3.63, 3.8) is 0 Å². The van der Waals surface area contributed by atoms with Crippen LogP contribution in [0.3, 0.4) is 0 Å². The van der Waals surface area contributed by atoms with E-state index in [4.69, 9.17) is 11.6 Å². The molecule has 1 heterocycles. The molecular weight excluding hydrogens is 245 g/mol. The van der Waals surface area contributed by atoms with Crippen LogP contribution in [-0.4, -0.2) is 28.1 Å². The monoisotopic (exact) mass is 257 g/mol. The number of carbonyl (C=O) groups is 1. The Morgan fingerprint density at radius 1 is 1.65 bits per heavy atom. The van der Waals surface area contributed by atoms with Gasteiger partial charge in [-0.2, -0.15) is 0 Å². The molecule has 1 saturated carbocycles. The second kappa shape index (κ2) is 5.40. The van der Waals surface area contributed by atoms with E-state index in [-0.39, 0.29) is 0 Å². The van der Waals surface area contributed by atoms with Gasteiger partial charge in [0.15, 0.2) is 0 Å². The van der Waals surface area contributed by atoms with Gasteiger partial charge in [0.05, 0.1) is 0 Å². The van der Waals surface area contributed by atoms with Gasteiger partial charge in [0.1, 0.15) is 5.82 Å². The first-order valence-electron chi connectivity index (χ1n) is 5.54. The zero-order valence-electron chi connectivity index (χ0n) is 9.20. The minimum absolute atomic E-state index is 0.292. The van der Waals surface area contributed by atoms with Gasteiger partial charge >= 0.3 is 0 Å². The van der Waals surface area contributed by atoms with Gasteiger partial charge in [-0.15, -0.1) is 0 Å². The summed E-state index contributed by atoms with van der Waals surface area (Å²) in [6, 6.07) is 1.91. The van der Waals surface area contributed by atoms with Crippen LogP contribution in [0.1, 0.15) is 30.3 Å². The molecule has 2 rings (SSSR count). The van der Waals surface area contributed by atoms with Gasteiger partial charge in [-0.3, -0.25) is 4.79 Å². The molecule has 1 aliphatic rings. The van der Waals surface area contributed by atoms with Crippen LogP contribution in [0.4, 0.5) is 4.39 Å². The second-order valence-electron chi connectivity index (χ2n) is 4.01. The van der Waals surface area contributed by atoms with Crippen molar-refractivity contribution >= 4 is 17.5 Å². The standard InChI is InChI=1S/C11H13ClFN3O/c12-10(13)11(17)15-6-4-9-14-5-3-8(16-9)7-1-2-7/h3,5,7,10H,1-2,4,6H2,(H,15,17). The van der Waals surface area contributed by atoms with Gasteiger partial charge in [0.25, 0.3) is 11.5 Å². The third kappa shape index (κ3) is 3.63. The van der Waals surface area contributed by atoms with E-state index in [1.807, 2.05) is 6.07 Å². The molecule has 0 saturated heterocycles. The summed E-state index contributed by atoms with van der Waals surface area (Å²) in [7, 11) is 0. The van der Waals surface area contributed by atoms with E-state index < -0.39 is 11.5 Å². The molecule has 0 aliphatic heterocycles. The maximum absolute atomic E-state index is 12.3. The molecule has 1 amide bonds. The van der Waals surface area contributed by atoms with Crippen LogP contribution in [0.2, 0.25) is 0 Å². The predicted octanol–water partition coefficient (Wildman–Crippen LogP) is 1.55. The SMILES string of the molecule is O=C(NCCc1nccc(C2CC2)n1)C(F)Cl. The van der Waals surface area contributed by atoms with Crippen molar-refractivity contribution in [3.05, 3.63) is 23.8 Å². The van der Waals surface area contributed by atoms with Gasteiger partial charge in [-0.1, -0.05) is 11.6 Å². The van der Waals surface area contributed by atoms with Crippen molar-refractivity contribution in [2.45, 2.75) is 30.8 Å². The fraction of sp³-hybridized carbons (Fsp3) is 0.545. The summed E-state index contributed by atoms with van der Waals surface area (Å²) in [5.74, 6) is 0.425. The zero-order valence-corrected chi connectivity index (χ0v) is 9.95. The first-order valence-corrected chi connectivity index (χ1v) is 5.98. The maximum atomic E-state index is 12.3. The molecule has 4 nitrogen and oxygen atoms in total. The fourth-order valence-corrected chi connectivity index (χ4v) is 1.59. The van der Waals surface area contributed by atoms with Crippen LogP contribution in [0.25, 0.3) is 0 Å². The predicted molar refractivity (Wildman–Crippen MR) is 61.5 cm³/mol. The maximum Gasteiger partial charge on any atom is 0.270 e. The number of hydrogen-bond donors (Lipinski definition) is 1. The van der Waals surface area contributed by atoms with Crippen molar-refractivity contribution < 1.29 is 9.18 Å². The van der Waals surface area contributed by atoms with E-state index in [0.29, 0.717) is 24.7 Å². The van der Waals surface area contributed by atoms with E-state index in [1.165, 1.54) is 12.8 Å². The lowest BCUT2D eigenvalue weighted by molar-refractivity contribution is -0.123. The fourth-order valence-electron chi connectivity index (χ4n) is 1.52. The number of halogens is 2. The molecule has 1 N–H and O–H groups in total. The Morgan fingerprint density at radius 3 is 3.06 bits per heavy atom. The minimum Gasteiger partial charge on any atom is -0.352 e. The largest absolute Gasteiger partial charge is 0.352 e. The number of nitrogens with one attached hydrogen (secondary N) is 1. The Morgan fingerprint density at radius 2 is 2.41 bits per heavy atom. The third-order valence-corrected chi connectivity index (χ3v) is 2.77. The molecule has 17 heavy (non-hydrogen) atoms. The van der Waals surface area contributed by atoms with E-state index >= 15 is 0 Å². The summed E-state index contributed by atoms with van der Waals surface area (Å²) >= 11 is 4.98. The number of nitrogens with zero attached hydrogens (tertiary/aromatic N) is 2. The molecule has 92 valence electrons. The topological polar surface area (TPSA) is 54.9 Å². The Kier molecular flexibility index (Phi) is 3.89. The highest BCUT2D eigenvalue weighted by molar-refractivity contribution is 6.29. The van der Waals surface area contributed by atoms with Gasteiger partial charge in [0.2, 0.25) is 0 Å². The number of alkyl halides is 2. The van der Waals surface area contributed by atoms with E-state index in [0.717, 1.165) is 5.69 Å². The Bertz CT molecular complexity index is 409. The molecule has 1 aromatic heterocycles. The Balaban J connectivity index is 1.82. The lowest BCUT2D eigenvalue weighted by Crippen LogP contribution is -2.31. The quantitative estimate of drug-likeness (QED) is 0.815. The molecule has 1 aromatic rings. The number of amides is 1. The van der Waals surface area contributed by atoms with Crippen molar-refractivity contribution in [2.24, 2.45) is 0 Å². The third-order valence-electron chi connectivity index (χ3n) is 2.57. The molecule has 0 radical (unpaired) electrons. The number of rotatable bonds is 5. The summed E-state index contributed by atoms with van der Waals surface area (Å²) in [4.78, 5) is 19.3. The van der Waals surface area contributed by atoms with Crippen molar-refractivity contribution in [1.82, 2.24) is 15.3 Å². The van der Waals surface area contributed by atoms with Crippen molar-refractivity contribution in [1.29, 1.82) is 0 Å². The first kappa shape index (κ1) is 12.2. The van der Waals surface area contributed by atoms with E-state index in [2.05, 4.69) is 15.3 Å². The second-order valence-corrected chi connectivity index (χ2v) is 4.40.